The molecule has 6 heteroatoms. The molecule has 1 fully saturated rings. The first-order valence-electron chi connectivity index (χ1n) is 8.56. The molecule has 4 rings (SSSR count). The van der Waals surface area contributed by atoms with Crippen molar-refractivity contribution in [3.8, 4) is 16.9 Å². The van der Waals surface area contributed by atoms with Crippen LogP contribution in [-0.2, 0) is 0 Å². The summed E-state index contributed by atoms with van der Waals surface area (Å²) in [5.41, 5.74) is 2.31. The van der Waals surface area contributed by atoms with Crippen LogP contribution in [0.2, 0.25) is 0 Å². The van der Waals surface area contributed by atoms with Crippen LogP contribution in [0.3, 0.4) is 0 Å². The summed E-state index contributed by atoms with van der Waals surface area (Å²) >= 11 is 3.49. The molecule has 26 heavy (non-hydrogen) atoms. The molecule has 1 saturated heterocycles. The average Bonchev–Trinajstić information content (AvgIpc) is 3.12. The standard InChI is InChI=1S/C20H20N2O2S2/c1-24-17-8-7-15(14-5-3-2-4-6-14)19-16(17)13-18(26-19)21-20(23)22-9-11-25-12-10-22/h2-8,13H,9-12H2,1H3,(H,21,23). The number of carbonyl (C=O) groups is 1. The van der Waals surface area contributed by atoms with E-state index >= 15 is 0 Å². The third-order valence-electron chi connectivity index (χ3n) is 4.48. The van der Waals surface area contributed by atoms with Gasteiger partial charge in [-0.3, -0.25) is 5.32 Å². The number of rotatable bonds is 3. The van der Waals surface area contributed by atoms with Crippen molar-refractivity contribution in [2.75, 3.05) is 37.0 Å². The second-order valence-corrected chi connectivity index (χ2v) is 8.34. The van der Waals surface area contributed by atoms with E-state index in [-0.39, 0.29) is 6.03 Å². The van der Waals surface area contributed by atoms with Gasteiger partial charge in [0.2, 0.25) is 0 Å². The molecule has 1 N–H and O–H groups in total. The minimum absolute atomic E-state index is 0.0166. The number of hydrogen-bond acceptors (Lipinski definition) is 4. The van der Waals surface area contributed by atoms with E-state index in [1.165, 1.54) is 0 Å². The number of thiophene rings is 1. The molecule has 0 spiro atoms. The van der Waals surface area contributed by atoms with Gasteiger partial charge in [0.1, 0.15) is 5.75 Å². The minimum atomic E-state index is -0.0166. The summed E-state index contributed by atoms with van der Waals surface area (Å²) in [7, 11) is 1.68. The fraction of sp³-hybridized carbons (Fsp3) is 0.250. The summed E-state index contributed by atoms with van der Waals surface area (Å²) in [6.07, 6.45) is 0. The van der Waals surface area contributed by atoms with Crippen LogP contribution in [0.1, 0.15) is 0 Å². The van der Waals surface area contributed by atoms with Gasteiger partial charge in [0, 0.05) is 34.7 Å². The maximum absolute atomic E-state index is 12.5. The van der Waals surface area contributed by atoms with Crippen LogP contribution in [-0.4, -0.2) is 42.6 Å². The number of fused-ring (bicyclic) bond motifs is 1. The van der Waals surface area contributed by atoms with Gasteiger partial charge in [-0.05, 0) is 29.3 Å². The zero-order chi connectivity index (χ0) is 17.9. The van der Waals surface area contributed by atoms with E-state index < -0.39 is 0 Å². The Bertz CT molecular complexity index is 918. The molecule has 2 aromatic carbocycles. The van der Waals surface area contributed by atoms with Crippen molar-refractivity contribution in [2.24, 2.45) is 0 Å². The van der Waals surface area contributed by atoms with Gasteiger partial charge in [0.25, 0.3) is 0 Å². The fourth-order valence-electron chi connectivity index (χ4n) is 3.13. The zero-order valence-electron chi connectivity index (χ0n) is 14.5. The second-order valence-electron chi connectivity index (χ2n) is 6.06. The van der Waals surface area contributed by atoms with Crippen molar-refractivity contribution in [3.05, 3.63) is 48.5 Å². The number of carbonyl (C=O) groups excluding carboxylic acids is 1. The molecule has 0 saturated carbocycles. The van der Waals surface area contributed by atoms with Crippen molar-refractivity contribution in [2.45, 2.75) is 0 Å². The quantitative estimate of drug-likeness (QED) is 0.678. The van der Waals surface area contributed by atoms with E-state index in [1.807, 2.05) is 47.0 Å². The van der Waals surface area contributed by atoms with Gasteiger partial charge in [-0.1, -0.05) is 30.3 Å². The average molecular weight is 385 g/mol. The summed E-state index contributed by atoms with van der Waals surface area (Å²) in [6.45, 7) is 1.61. The molecule has 1 aliphatic rings. The number of thioether (sulfide) groups is 1. The van der Waals surface area contributed by atoms with E-state index in [0.717, 1.165) is 56.6 Å². The Morgan fingerprint density at radius 2 is 1.88 bits per heavy atom. The molecule has 134 valence electrons. The zero-order valence-corrected chi connectivity index (χ0v) is 16.2. The molecule has 0 atom stereocenters. The van der Waals surface area contributed by atoms with Gasteiger partial charge < -0.3 is 9.64 Å². The predicted octanol–water partition coefficient (Wildman–Crippen LogP) is 5.16. The molecular weight excluding hydrogens is 364 g/mol. The Morgan fingerprint density at radius 3 is 2.62 bits per heavy atom. The Hall–Kier alpha value is -2.18. The van der Waals surface area contributed by atoms with E-state index in [0.29, 0.717) is 0 Å². The summed E-state index contributed by atoms with van der Waals surface area (Å²) < 4.78 is 6.66. The smallest absolute Gasteiger partial charge is 0.322 e. The largest absolute Gasteiger partial charge is 0.496 e. The summed E-state index contributed by atoms with van der Waals surface area (Å²) in [4.78, 5) is 14.4. The Balaban J connectivity index is 1.70. The number of amides is 2. The molecule has 2 amide bonds. The van der Waals surface area contributed by atoms with E-state index in [1.54, 1.807) is 18.4 Å². The number of hydrogen-bond donors (Lipinski definition) is 1. The molecular formula is C20H20N2O2S2. The fourth-order valence-corrected chi connectivity index (χ4v) is 5.14. The van der Waals surface area contributed by atoms with Gasteiger partial charge >= 0.3 is 6.03 Å². The minimum Gasteiger partial charge on any atom is -0.496 e. The van der Waals surface area contributed by atoms with Gasteiger partial charge in [-0.2, -0.15) is 11.8 Å². The highest BCUT2D eigenvalue weighted by Crippen LogP contribution is 2.42. The van der Waals surface area contributed by atoms with Crippen molar-refractivity contribution >= 4 is 44.2 Å². The molecule has 0 bridgehead atoms. The highest BCUT2D eigenvalue weighted by molar-refractivity contribution is 7.99. The highest BCUT2D eigenvalue weighted by Gasteiger charge is 2.19. The predicted molar refractivity (Wildman–Crippen MR) is 112 cm³/mol. The van der Waals surface area contributed by atoms with Crippen molar-refractivity contribution < 1.29 is 9.53 Å². The summed E-state index contributed by atoms with van der Waals surface area (Å²) in [5.74, 6) is 2.84. The lowest BCUT2D eigenvalue weighted by molar-refractivity contribution is 0.217. The first-order chi connectivity index (χ1) is 12.8. The van der Waals surface area contributed by atoms with Crippen LogP contribution in [0.5, 0.6) is 5.75 Å². The van der Waals surface area contributed by atoms with Gasteiger partial charge in [-0.15, -0.1) is 11.3 Å². The van der Waals surface area contributed by atoms with Crippen LogP contribution in [0, 0.1) is 0 Å². The lowest BCUT2D eigenvalue weighted by Crippen LogP contribution is -2.40. The lowest BCUT2D eigenvalue weighted by atomic mass is 10.0. The second kappa shape index (κ2) is 7.60. The van der Waals surface area contributed by atoms with Gasteiger partial charge in [-0.25, -0.2) is 4.79 Å². The molecule has 2 heterocycles. The maximum atomic E-state index is 12.5. The number of anilines is 1. The first-order valence-corrected chi connectivity index (χ1v) is 10.5. The molecule has 0 aliphatic carbocycles. The number of urea groups is 1. The monoisotopic (exact) mass is 384 g/mol. The van der Waals surface area contributed by atoms with E-state index in [2.05, 4.69) is 23.5 Å². The molecule has 0 unspecified atom stereocenters. The van der Waals surface area contributed by atoms with Crippen molar-refractivity contribution in [1.29, 1.82) is 0 Å². The number of nitrogens with one attached hydrogen (secondary N) is 1. The third-order valence-corrected chi connectivity index (χ3v) is 6.50. The van der Waals surface area contributed by atoms with Crippen LogP contribution in [0.15, 0.2) is 48.5 Å². The highest BCUT2D eigenvalue weighted by atomic mass is 32.2. The number of nitrogens with zero attached hydrogens (tertiary/aromatic N) is 1. The Kier molecular flexibility index (Phi) is 5.04. The molecule has 3 aromatic rings. The van der Waals surface area contributed by atoms with Gasteiger partial charge in [0.05, 0.1) is 12.1 Å². The van der Waals surface area contributed by atoms with Crippen LogP contribution >= 0.6 is 23.1 Å². The number of ether oxygens (including phenoxy) is 1. The SMILES string of the molecule is COc1ccc(-c2ccccc2)c2sc(NC(=O)N3CCSCC3)cc12. The van der Waals surface area contributed by atoms with E-state index in [9.17, 15) is 4.79 Å². The van der Waals surface area contributed by atoms with Gasteiger partial charge in [0.15, 0.2) is 0 Å². The van der Waals surface area contributed by atoms with Crippen LogP contribution in [0.25, 0.3) is 21.2 Å². The van der Waals surface area contributed by atoms with Crippen molar-refractivity contribution in [3.63, 3.8) is 0 Å². The summed E-state index contributed by atoms with van der Waals surface area (Å²) in [6, 6.07) is 16.4. The number of methoxy groups -OCH3 is 1. The van der Waals surface area contributed by atoms with Crippen LogP contribution < -0.4 is 10.1 Å². The Labute approximate surface area is 161 Å². The summed E-state index contributed by atoms with van der Waals surface area (Å²) in [5, 5.41) is 4.95. The topological polar surface area (TPSA) is 41.6 Å². The van der Waals surface area contributed by atoms with Crippen molar-refractivity contribution in [1.82, 2.24) is 4.90 Å². The number of benzene rings is 2. The molecule has 1 aliphatic heterocycles. The molecule has 4 nitrogen and oxygen atoms in total. The lowest BCUT2D eigenvalue weighted by Gasteiger charge is -2.26. The molecule has 0 radical (unpaired) electrons. The van der Waals surface area contributed by atoms with Crippen LogP contribution in [0.4, 0.5) is 9.80 Å². The normalized spacial score (nSPS) is 14.4. The Morgan fingerprint density at radius 1 is 1.12 bits per heavy atom. The third kappa shape index (κ3) is 3.39. The molecule has 1 aromatic heterocycles. The maximum Gasteiger partial charge on any atom is 0.322 e. The van der Waals surface area contributed by atoms with E-state index in [4.69, 9.17) is 4.74 Å². The first kappa shape index (κ1) is 17.2.